The molecule has 6 heteroatoms. The third kappa shape index (κ3) is 3.76. The molecular formula is C13H8BrCl3FN. The van der Waals surface area contributed by atoms with Gasteiger partial charge in [-0.1, -0.05) is 50.7 Å². The van der Waals surface area contributed by atoms with E-state index in [9.17, 15) is 4.39 Å². The number of nitrogens with one attached hydrogen (secondary N) is 1. The molecular weight excluding hydrogens is 375 g/mol. The van der Waals surface area contributed by atoms with E-state index < -0.39 is 5.82 Å². The first-order valence-electron chi connectivity index (χ1n) is 5.29. The number of benzene rings is 2. The Morgan fingerprint density at radius 2 is 1.68 bits per heavy atom. The zero-order valence-electron chi connectivity index (χ0n) is 9.48. The average molecular weight is 383 g/mol. The standard InChI is InChI=1S/C13H8BrCl3FN/c14-10-2-1-8(15)3-7(10)6-19-9-4-11(16)13(18)12(17)5-9/h1-5,19H,6H2. The molecule has 0 saturated carbocycles. The highest BCUT2D eigenvalue weighted by molar-refractivity contribution is 9.10. The van der Waals surface area contributed by atoms with Gasteiger partial charge in [0.05, 0.1) is 10.0 Å². The lowest BCUT2D eigenvalue weighted by atomic mass is 10.2. The van der Waals surface area contributed by atoms with Crippen molar-refractivity contribution < 1.29 is 4.39 Å². The van der Waals surface area contributed by atoms with Crippen molar-refractivity contribution in [2.75, 3.05) is 5.32 Å². The van der Waals surface area contributed by atoms with Crippen LogP contribution in [0.5, 0.6) is 0 Å². The smallest absolute Gasteiger partial charge is 0.160 e. The third-order valence-corrected chi connectivity index (χ3v) is 4.03. The van der Waals surface area contributed by atoms with Crippen LogP contribution >= 0.6 is 50.7 Å². The van der Waals surface area contributed by atoms with Gasteiger partial charge in [-0.05, 0) is 35.9 Å². The van der Waals surface area contributed by atoms with Gasteiger partial charge in [0.2, 0.25) is 0 Å². The second kappa shape index (κ2) is 6.31. The van der Waals surface area contributed by atoms with Crippen molar-refractivity contribution in [2.45, 2.75) is 6.54 Å². The van der Waals surface area contributed by atoms with E-state index >= 15 is 0 Å². The molecule has 0 aromatic heterocycles. The fourth-order valence-electron chi connectivity index (χ4n) is 1.53. The SMILES string of the molecule is Fc1c(Cl)cc(NCc2cc(Cl)ccc2Br)cc1Cl. The van der Waals surface area contributed by atoms with Crippen molar-refractivity contribution in [2.24, 2.45) is 0 Å². The Labute approximate surface area is 133 Å². The number of anilines is 1. The van der Waals surface area contributed by atoms with Gasteiger partial charge in [-0.15, -0.1) is 0 Å². The molecule has 0 saturated heterocycles. The van der Waals surface area contributed by atoms with Crippen LogP contribution in [-0.2, 0) is 6.54 Å². The number of rotatable bonds is 3. The van der Waals surface area contributed by atoms with Gasteiger partial charge in [0.15, 0.2) is 5.82 Å². The Kier molecular flexibility index (Phi) is 4.96. The molecule has 2 rings (SSSR count). The van der Waals surface area contributed by atoms with Gasteiger partial charge in [-0.2, -0.15) is 0 Å². The topological polar surface area (TPSA) is 12.0 Å². The van der Waals surface area contributed by atoms with Gasteiger partial charge in [0.1, 0.15) is 0 Å². The number of halogens is 5. The molecule has 0 aliphatic carbocycles. The molecule has 0 fully saturated rings. The molecule has 19 heavy (non-hydrogen) atoms. The van der Waals surface area contributed by atoms with Crippen molar-refractivity contribution in [1.82, 2.24) is 0 Å². The summed E-state index contributed by atoms with van der Waals surface area (Å²) in [5.41, 5.74) is 1.62. The van der Waals surface area contributed by atoms with Crippen molar-refractivity contribution in [3.8, 4) is 0 Å². The maximum Gasteiger partial charge on any atom is 0.160 e. The van der Waals surface area contributed by atoms with Crippen molar-refractivity contribution in [3.05, 3.63) is 61.3 Å². The minimum Gasteiger partial charge on any atom is -0.381 e. The fourth-order valence-corrected chi connectivity index (χ4v) is 2.60. The van der Waals surface area contributed by atoms with Crippen molar-refractivity contribution in [3.63, 3.8) is 0 Å². The maximum absolute atomic E-state index is 13.3. The minimum atomic E-state index is -0.613. The lowest BCUT2D eigenvalue weighted by Crippen LogP contribution is -2.00. The van der Waals surface area contributed by atoms with E-state index in [1.54, 1.807) is 6.07 Å². The van der Waals surface area contributed by atoms with Gasteiger partial charge in [0, 0.05) is 21.7 Å². The van der Waals surface area contributed by atoms with E-state index in [4.69, 9.17) is 34.8 Å². The lowest BCUT2D eigenvalue weighted by Gasteiger charge is -2.10. The number of hydrogen-bond donors (Lipinski definition) is 1. The molecule has 2 aromatic carbocycles. The normalized spacial score (nSPS) is 10.6. The van der Waals surface area contributed by atoms with E-state index in [2.05, 4.69) is 21.2 Å². The molecule has 1 N–H and O–H groups in total. The van der Waals surface area contributed by atoms with Gasteiger partial charge in [-0.25, -0.2) is 4.39 Å². The highest BCUT2D eigenvalue weighted by Gasteiger charge is 2.08. The minimum absolute atomic E-state index is 0.0137. The molecule has 0 aliphatic heterocycles. The van der Waals surface area contributed by atoms with Crippen LogP contribution < -0.4 is 5.32 Å². The Balaban J connectivity index is 2.17. The van der Waals surface area contributed by atoms with E-state index in [-0.39, 0.29) is 10.0 Å². The van der Waals surface area contributed by atoms with Crippen LogP contribution in [0.4, 0.5) is 10.1 Å². The van der Waals surface area contributed by atoms with Crippen LogP contribution in [0.15, 0.2) is 34.8 Å². The molecule has 0 amide bonds. The van der Waals surface area contributed by atoms with Crippen molar-refractivity contribution in [1.29, 1.82) is 0 Å². The molecule has 0 heterocycles. The molecule has 0 aliphatic rings. The van der Waals surface area contributed by atoms with E-state index in [0.717, 1.165) is 10.0 Å². The Morgan fingerprint density at radius 1 is 1.05 bits per heavy atom. The molecule has 0 radical (unpaired) electrons. The molecule has 0 bridgehead atoms. The molecule has 2 aromatic rings. The van der Waals surface area contributed by atoms with E-state index in [1.807, 2.05) is 12.1 Å². The summed E-state index contributed by atoms with van der Waals surface area (Å²) >= 11 is 20.8. The van der Waals surface area contributed by atoms with Crippen LogP contribution in [0.2, 0.25) is 15.1 Å². The molecule has 1 nitrogen and oxygen atoms in total. The van der Waals surface area contributed by atoms with Gasteiger partial charge in [0.25, 0.3) is 0 Å². The summed E-state index contributed by atoms with van der Waals surface area (Å²) in [4.78, 5) is 0. The predicted molar refractivity (Wildman–Crippen MR) is 82.9 cm³/mol. The summed E-state index contributed by atoms with van der Waals surface area (Å²) < 4.78 is 14.2. The highest BCUT2D eigenvalue weighted by atomic mass is 79.9. The summed E-state index contributed by atoms with van der Waals surface area (Å²) in [5, 5.41) is 3.73. The second-order valence-electron chi connectivity index (χ2n) is 3.84. The molecule has 0 atom stereocenters. The lowest BCUT2D eigenvalue weighted by molar-refractivity contribution is 0.629. The van der Waals surface area contributed by atoms with Gasteiger partial charge >= 0.3 is 0 Å². The summed E-state index contributed by atoms with van der Waals surface area (Å²) in [5.74, 6) is -0.613. The fraction of sp³-hybridized carbons (Fsp3) is 0.0769. The van der Waals surface area contributed by atoms with Crippen LogP contribution in [0.1, 0.15) is 5.56 Å². The van der Waals surface area contributed by atoms with Crippen LogP contribution in [0, 0.1) is 5.82 Å². The van der Waals surface area contributed by atoms with E-state index in [1.165, 1.54) is 12.1 Å². The van der Waals surface area contributed by atoms with Crippen LogP contribution in [-0.4, -0.2) is 0 Å². The monoisotopic (exact) mass is 381 g/mol. The van der Waals surface area contributed by atoms with Gasteiger partial charge < -0.3 is 5.32 Å². The Bertz CT molecular complexity index is 596. The Hall–Kier alpha value is -0.480. The summed E-state index contributed by atoms with van der Waals surface area (Å²) in [6.45, 7) is 0.513. The quantitative estimate of drug-likeness (QED) is 0.626. The molecule has 0 unspecified atom stereocenters. The highest BCUT2D eigenvalue weighted by Crippen LogP contribution is 2.28. The third-order valence-electron chi connectivity index (χ3n) is 2.47. The Morgan fingerprint density at radius 3 is 2.32 bits per heavy atom. The second-order valence-corrected chi connectivity index (χ2v) is 5.95. The zero-order valence-corrected chi connectivity index (χ0v) is 13.3. The largest absolute Gasteiger partial charge is 0.381 e. The predicted octanol–water partition coefficient (Wildman–Crippen LogP) is 6.16. The summed E-state index contributed by atoms with van der Waals surface area (Å²) in [6, 6.07) is 8.47. The van der Waals surface area contributed by atoms with Crippen LogP contribution in [0.3, 0.4) is 0 Å². The summed E-state index contributed by atoms with van der Waals surface area (Å²) in [7, 11) is 0. The average Bonchev–Trinajstić information content (AvgIpc) is 2.37. The summed E-state index contributed by atoms with van der Waals surface area (Å²) in [6.07, 6.45) is 0. The number of hydrogen-bond acceptors (Lipinski definition) is 1. The zero-order chi connectivity index (χ0) is 14.0. The first-order chi connectivity index (χ1) is 8.97. The molecule has 100 valence electrons. The maximum atomic E-state index is 13.3. The van der Waals surface area contributed by atoms with Crippen LogP contribution in [0.25, 0.3) is 0 Å². The first-order valence-corrected chi connectivity index (χ1v) is 7.22. The van der Waals surface area contributed by atoms with Gasteiger partial charge in [-0.3, -0.25) is 0 Å². The first kappa shape index (κ1) is 14.9. The van der Waals surface area contributed by atoms with E-state index in [0.29, 0.717) is 17.3 Å². The molecule has 0 spiro atoms. The van der Waals surface area contributed by atoms with Crippen molar-refractivity contribution >= 4 is 56.4 Å².